The first-order valence-corrected chi connectivity index (χ1v) is 11.6. The van der Waals surface area contributed by atoms with Crippen molar-refractivity contribution in [3.05, 3.63) is 48.0 Å². The Morgan fingerprint density at radius 3 is 2.35 bits per heavy atom. The highest BCUT2D eigenvalue weighted by atomic mass is 32.2. The zero-order chi connectivity index (χ0) is 25.1. The zero-order valence-electron chi connectivity index (χ0n) is 18.7. The summed E-state index contributed by atoms with van der Waals surface area (Å²) in [5, 5.41) is 16.6. The van der Waals surface area contributed by atoms with E-state index in [9.17, 15) is 18.3 Å². The lowest BCUT2D eigenvalue weighted by atomic mass is 10.1. The summed E-state index contributed by atoms with van der Waals surface area (Å²) in [5.74, 6) is -0.727. The van der Waals surface area contributed by atoms with E-state index >= 15 is 0 Å². The predicted octanol–water partition coefficient (Wildman–Crippen LogP) is 0.862. The number of carbonyl (C=O) groups is 1. The third kappa shape index (κ3) is 8.10. The molecule has 0 fully saturated rings. The minimum atomic E-state index is -4.23. The van der Waals surface area contributed by atoms with Crippen molar-refractivity contribution in [2.24, 2.45) is 5.73 Å². The summed E-state index contributed by atoms with van der Waals surface area (Å²) in [5.41, 5.74) is 7.89. The maximum absolute atomic E-state index is 12.9. The van der Waals surface area contributed by atoms with E-state index in [1.54, 1.807) is 24.3 Å². The Morgan fingerprint density at radius 1 is 1.09 bits per heavy atom. The summed E-state index contributed by atoms with van der Waals surface area (Å²) in [6.07, 6.45) is 0.449. The highest BCUT2D eigenvalue weighted by molar-refractivity contribution is 7.89. The number of benzene rings is 2. The van der Waals surface area contributed by atoms with Gasteiger partial charge in [0.2, 0.25) is 16.0 Å². The number of carboxylic acid groups (broad SMARTS) is 1. The molecular formula is C21H28N4O8S. The van der Waals surface area contributed by atoms with Crippen LogP contribution in [0, 0.1) is 5.41 Å². The predicted molar refractivity (Wildman–Crippen MR) is 123 cm³/mol. The molecule has 2 rings (SSSR count). The van der Waals surface area contributed by atoms with Crippen molar-refractivity contribution in [2.75, 3.05) is 27.4 Å². The van der Waals surface area contributed by atoms with Crippen molar-refractivity contribution in [1.29, 1.82) is 5.41 Å². The highest BCUT2D eigenvalue weighted by Crippen LogP contribution is 2.28. The summed E-state index contributed by atoms with van der Waals surface area (Å²) in [4.78, 5) is 16.5. The second kappa shape index (κ2) is 12.6. The average Bonchev–Trinajstić information content (AvgIpc) is 2.81. The van der Waals surface area contributed by atoms with Crippen LogP contribution in [0.25, 0.3) is 0 Å². The summed E-state index contributed by atoms with van der Waals surface area (Å²) in [6.45, 7) is 0.634. The fourth-order valence-corrected chi connectivity index (χ4v) is 4.20. The lowest BCUT2D eigenvalue weighted by Crippen LogP contribution is -2.42. The van der Waals surface area contributed by atoms with Gasteiger partial charge in [0.15, 0.2) is 0 Å². The lowest BCUT2D eigenvalue weighted by molar-refractivity contribution is -0.138. The van der Waals surface area contributed by atoms with Gasteiger partial charge in [0.25, 0.3) is 0 Å². The molecule has 13 heteroatoms. The van der Waals surface area contributed by atoms with E-state index in [0.717, 1.165) is 0 Å². The number of rotatable bonds is 14. The molecular weight excluding hydrogens is 468 g/mol. The Morgan fingerprint density at radius 2 is 1.76 bits per heavy atom. The number of hydrogen-bond acceptors (Lipinski definition) is 8. The second-order valence-electron chi connectivity index (χ2n) is 6.94. The molecule has 2 aromatic carbocycles. The maximum atomic E-state index is 12.9. The third-order valence-electron chi connectivity index (χ3n) is 4.46. The van der Waals surface area contributed by atoms with Crippen LogP contribution in [-0.2, 0) is 26.1 Å². The van der Waals surface area contributed by atoms with Gasteiger partial charge in [-0.05, 0) is 36.2 Å². The second-order valence-corrected chi connectivity index (χ2v) is 8.63. The fourth-order valence-electron chi connectivity index (χ4n) is 2.83. The molecule has 0 saturated carbocycles. The van der Waals surface area contributed by atoms with Crippen LogP contribution >= 0.6 is 0 Å². The average molecular weight is 497 g/mol. The molecule has 186 valence electrons. The lowest BCUT2D eigenvalue weighted by Gasteiger charge is -2.17. The SMILES string of the molecule is COc1ccc(OC)c(S(=O)(=O)N[C@@H](Cc2ccc(OCCCONC(=N)N)cc2)C(=O)O)c1. The zero-order valence-corrected chi connectivity index (χ0v) is 19.6. The van der Waals surface area contributed by atoms with Crippen molar-refractivity contribution >= 4 is 22.0 Å². The van der Waals surface area contributed by atoms with Crippen LogP contribution < -0.4 is 30.1 Å². The summed E-state index contributed by atoms with van der Waals surface area (Å²) >= 11 is 0. The molecule has 0 radical (unpaired) electrons. The van der Waals surface area contributed by atoms with Gasteiger partial charge in [0.1, 0.15) is 28.2 Å². The van der Waals surface area contributed by atoms with E-state index in [1.165, 1.54) is 32.4 Å². The van der Waals surface area contributed by atoms with E-state index in [0.29, 0.717) is 24.3 Å². The van der Waals surface area contributed by atoms with Crippen LogP contribution in [0.5, 0.6) is 17.2 Å². The van der Waals surface area contributed by atoms with E-state index in [-0.39, 0.29) is 35.4 Å². The molecule has 0 spiro atoms. The number of guanidine groups is 1. The number of methoxy groups -OCH3 is 2. The number of aliphatic carboxylic acids is 1. The fraction of sp³-hybridized carbons (Fsp3) is 0.333. The molecule has 0 aromatic heterocycles. The molecule has 0 bridgehead atoms. The number of hydrogen-bond donors (Lipinski definition) is 5. The van der Waals surface area contributed by atoms with Gasteiger partial charge >= 0.3 is 5.97 Å². The Hall–Kier alpha value is -3.55. The van der Waals surface area contributed by atoms with Crippen LogP contribution in [0.4, 0.5) is 0 Å². The number of nitrogens with two attached hydrogens (primary N) is 1. The van der Waals surface area contributed by atoms with Crippen LogP contribution in [0.2, 0.25) is 0 Å². The minimum absolute atomic E-state index is 0.0569. The van der Waals surface area contributed by atoms with Gasteiger partial charge in [0.05, 0.1) is 27.4 Å². The standard InChI is InChI=1S/C21H28N4O8S/c1-30-16-8-9-18(31-2)19(13-16)34(28,29)25-17(20(26)27)12-14-4-6-15(7-5-14)32-10-3-11-33-24-21(22)23/h4-9,13,17,25H,3,10-12H2,1-2H3,(H,26,27)(H4,22,23,24)/t17-/m0/s1. The number of ether oxygens (including phenoxy) is 3. The number of carboxylic acids is 1. The molecule has 0 unspecified atom stereocenters. The van der Waals surface area contributed by atoms with Crippen LogP contribution in [-0.4, -0.2) is 58.9 Å². The molecule has 0 aliphatic carbocycles. The monoisotopic (exact) mass is 496 g/mol. The molecule has 0 saturated heterocycles. The normalized spacial score (nSPS) is 11.9. The molecule has 6 N–H and O–H groups in total. The van der Waals surface area contributed by atoms with E-state index < -0.39 is 22.0 Å². The van der Waals surface area contributed by atoms with Crippen molar-refractivity contribution in [3.8, 4) is 17.2 Å². The van der Waals surface area contributed by atoms with Gasteiger partial charge in [0, 0.05) is 12.5 Å². The number of hydroxylamine groups is 1. The summed E-state index contributed by atoms with van der Waals surface area (Å²) in [7, 11) is -1.53. The van der Waals surface area contributed by atoms with Crippen molar-refractivity contribution in [2.45, 2.75) is 23.8 Å². The van der Waals surface area contributed by atoms with Crippen LogP contribution in [0.1, 0.15) is 12.0 Å². The first-order chi connectivity index (χ1) is 16.2. The molecule has 0 aliphatic rings. The third-order valence-corrected chi connectivity index (χ3v) is 5.95. The summed E-state index contributed by atoms with van der Waals surface area (Å²) in [6, 6.07) is 9.41. The Bertz CT molecular complexity index is 1080. The Kier molecular flexibility index (Phi) is 9.92. The summed E-state index contributed by atoms with van der Waals surface area (Å²) < 4.78 is 43.8. The van der Waals surface area contributed by atoms with Gasteiger partial charge < -0.3 is 25.1 Å². The van der Waals surface area contributed by atoms with Gasteiger partial charge in [-0.15, -0.1) is 0 Å². The van der Waals surface area contributed by atoms with Gasteiger partial charge in [-0.2, -0.15) is 4.72 Å². The van der Waals surface area contributed by atoms with Crippen molar-refractivity contribution in [3.63, 3.8) is 0 Å². The van der Waals surface area contributed by atoms with Gasteiger partial charge in [-0.3, -0.25) is 15.0 Å². The molecule has 1 atom stereocenters. The van der Waals surface area contributed by atoms with Gasteiger partial charge in [-0.1, -0.05) is 12.1 Å². The van der Waals surface area contributed by atoms with Crippen LogP contribution in [0.3, 0.4) is 0 Å². The smallest absolute Gasteiger partial charge is 0.322 e. The first kappa shape index (κ1) is 26.7. The number of nitrogens with one attached hydrogen (secondary N) is 3. The Labute approximate surface area is 197 Å². The van der Waals surface area contributed by atoms with E-state index in [2.05, 4.69) is 10.2 Å². The topological polar surface area (TPSA) is 182 Å². The maximum Gasteiger partial charge on any atom is 0.322 e. The Balaban J connectivity index is 2.01. The quantitative estimate of drug-likeness (QED) is 0.109. The number of sulfonamides is 1. The van der Waals surface area contributed by atoms with Gasteiger partial charge in [-0.25, -0.2) is 13.9 Å². The molecule has 12 nitrogen and oxygen atoms in total. The minimum Gasteiger partial charge on any atom is -0.497 e. The van der Waals surface area contributed by atoms with Crippen molar-refractivity contribution in [1.82, 2.24) is 10.2 Å². The highest BCUT2D eigenvalue weighted by Gasteiger charge is 2.28. The molecule has 34 heavy (non-hydrogen) atoms. The molecule has 0 heterocycles. The molecule has 0 aliphatic heterocycles. The largest absolute Gasteiger partial charge is 0.497 e. The first-order valence-electron chi connectivity index (χ1n) is 10.1. The molecule has 2 aromatic rings. The van der Waals surface area contributed by atoms with Crippen molar-refractivity contribution < 1.29 is 37.4 Å². The molecule has 0 amide bonds. The van der Waals surface area contributed by atoms with E-state index in [1.807, 2.05) is 0 Å². The van der Waals surface area contributed by atoms with E-state index in [4.69, 9.17) is 30.2 Å². The van der Waals surface area contributed by atoms with Crippen LogP contribution in [0.15, 0.2) is 47.4 Å².